The highest BCUT2D eigenvalue weighted by Crippen LogP contribution is 2.13. The molecule has 1 aromatic rings. The molecule has 0 aliphatic carbocycles. The molecule has 2 nitrogen and oxygen atoms in total. The summed E-state index contributed by atoms with van der Waals surface area (Å²) in [4.78, 5) is 2.53. The molecule has 1 aliphatic heterocycles. The lowest BCUT2D eigenvalue weighted by Crippen LogP contribution is -2.29. The third kappa shape index (κ3) is 3.89. The molecule has 2 heteroatoms. The van der Waals surface area contributed by atoms with Gasteiger partial charge in [-0.1, -0.05) is 30.4 Å². The molecule has 0 atom stereocenters. The Morgan fingerprint density at radius 3 is 2.76 bits per heavy atom. The van der Waals surface area contributed by atoms with Crippen molar-refractivity contribution in [2.24, 2.45) is 5.73 Å². The fourth-order valence-corrected chi connectivity index (χ4v) is 2.28. The number of piperidine rings is 1. The van der Waals surface area contributed by atoms with Gasteiger partial charge in [-0.15, -0.1) is 0 Å². The molecular formula is C15H20N2. The van der Waals surface area contributed by atoms with Crippen LogP contribution in [0.25, 0.3) is 0 Å². The van der Waals surface area contributed by atoms with Gasteiger partial charge in [0, 0.05) is 12.1 Å². The Morgan fingerprint density at radius 2 is 2.00 bits per heavy atom. The van der Waals surface area contributed by atoms with Gasteiger partial charge in [0.2, 0.25) is 0 Å². The van der Waals surface area contributed by atoms with Crippen molar-refractivity contribution in [3.63, 3.8) is 0 Å². The molecule has 0 bridgehead atoms. The average Bonchev–Trinajstić information content (AvgIpc) is 2.38. The van der Waals surface area contributed by atoms with E-state index < -0.39 is 0 Å². The van der Waals surface area contributed by atoms with Gasteiger partial charge in [-0.25, -0.2) is 0 Å². The number of nitrogens with two attached hydrogens (primary N) is 1. The van der Waals surface area contributed by atoms with E-state index in [0.717, 1.165) is 12.1 Å². The van der Waals surface area contributed by atoms with Gasteiger partial charge < -0.3 is 5.73 Å². The van der Waals surface area contributed by atoms with Crippen molar-refractivity contribution < 1.29 is 0 Å². The first-order chi connectivity index (χ1) is 8.38. The van der Waals surface area contributed by atoms with E-state index in [2.05, 4.69) is 34.9 Å². The quantitative estimate of drug-likeness (QED) is 0.784. The normalized spacial score (nSPS) is 16.3. The number of hydrogen-bond donors (Lipinski definition) is 1. The summed E-state index contributed by atoms with van der Waals surface area (Å²) >= 11 is 0. The van der Waals surface area contributed by atoms with Crippen molar-refractivity contribution in [1.29, 1.82) is 0 Å². The first kappa shape index (κ1) is 12.2. The average molecular weight is 228 g/mol. The van der Waals surface area contributed by atoms with Crippen LogP contribution in [-0.2, 0) is 6.54 Å². The van der Waals surface area contributed by atoms with Crippen LogP contribution >= 0.6 is 0 Å². The summed E-state index contributed by atoms with van der Waals surface area (Å²) < 4.78 is 0. The fourth-order valence-electron chi connectivity index (χ4n) is 2.28. The largest absolute Gasteiger partial charge is 0.320 e. The maximum Gasteiger partial charge on any atom is 0.0555 e. The minimum Gasteiger partial charge on any atom is -0.320 e. The Kier molecular flexibility index (Phi) is 4.61. The summed E-state index contributed by atoms with van der Waals surface area (Å²) in [5, 5.41) is 0. The van der Waals surface area contributed by atoms with Crippen molar-refractivity contribution in [2.45, 2.75) is 25.8 Å². The Labute approximate surface area is 104 Å². The molecule has 1 fully saturated rings. The number of hydrogen-bond acceptors (Lipinski definition) is 2. The standard InChI is InChI=1S/C15H20N2/c16-9-5-8-14-6-4-7-15(12-14)13-17-10-2-1-3-11-17/h4,6-7,12H,1-3,9-11,13,16H2. The molecule has 0 unspecified atom stereocenters. The van der Waals surface area contributed by atoms with Gasteiger partial charge in [0.15, 0.2) is 0 Å². The Morgan fingerprint density at radius 1 is 1.18 bits per heavy atom. The Balaban J connectivity index is 2.00. The zero-order chi connectivity index (χ0) is 11.9. The lowest BCUT2D eigenvalue weighted by molar-refractivity contribution is 0.221. The van der Waals surface area contributed by atoms with E-state index in [-0.39, 0.29) is 0 Å². The van der Waals surface area contributed by atoms with Crippen molar-refractivity contribution in [2.75, 3.05) is 19.6 Å². The summed E-state index contributed by atoms with van der Waals surface area (Å²) in [6, 6.07) is 8.49. The van der Waals surface area contributed by atoms with E-state index in [9.17, 15) is 0 Å². The third-order valence-electron chi connectivity index (χ3n) is 3.12. The zero-order valence-corrected chi connectivity index (χ0v) is 10.3. The summed E-state index contributed by atoms with van der Waals surface area (Å²) in [6.45, 7) is 3.95. The van der Waals surface area contributed by atoms with Crippen LogP contribution in [0.3, 0.4) is 0 Å². The van der Waals surface area contributed by atoms with E-state index >= 15 is 0 Å². The lowest BCUT2D eigenvalue weighted by atomic mass is 10.1. The predicted molar refractivity (Wildman–Crippen MR) is 71.5 cm³/mol. The van der Waals surface area contributed by atoms with E-state index in [1.54, 1.807) is 0 Å². The second-order valence-corrected chi connectivity index (χ2v) is 4.54. The molecule has 1 aliphatic rings. The van der Waals surface area contributed by atoms with E-state index in [1.807, 2.05) is 6.07 Å². The summed E-state index contributed by atoms with van der Waals surface area (Å²) in [5.74, 6) is 5.99. The van der Waals surface area contributed by atoms with Crippen molar-refractivity contribution in [3.8, 4) is 11.8 Å². The molecule has 1 heterocycles. The molecule has 17 heavy (non-hydrogen) atoms. The lowest BCUT2D eigenvalue weighted by Gasteiger charge is -2.26. The molecule has 0 radical (unpaired) electrons. The Hall–Kier alpha value is -1.30. The topological polar surface area (TPSA) is 29.3 Å². The number of likely N-dealkylation sites (tertiary alicyclic amines) is 1. The van der Waals surface area contributed by atoms with Gasteiger partial charge >= 0.3 is 0 Å². The number of nitrogens with zero attached hydrogens (tertiary/aromatic N) is 1. The van der Waals surface area contributed by atoms with Crippen LogP contribution in [0, 0.1) is 11.8 Å². The summed E-state index contributed by atoms with van der Waals surface area (Å²) in [5.41, 5.74) is 7.81. The molecular weight excluding hydrogens is 208 g/mol. The number of benzene rings is 1. The molecule has 0 saturated carbocycles. The van der Waals surface area contributed by atoms with Gasteiger partial charge in [0.05, 0.1) is 6.54 Å². The minimum absolute atomic E-state index is 0.427. The van der Waals surface area contributed by atoms with Crippen LogP contribution in [0.5, 0.6) is 0 Å². The molecule has 0 aromatic heterocycles. The van der Waals surface area contributed by atoms with Crippen molar-refractivity contribution >= 4 is 0 Å². The van der Waals surface area contributed by atoms with Crippen LogP contribution in [0.4, 0.5) is 0 Å². The third-order valence-corrected chi connectivity index (χ3v) is 3.12. The second-order valence-electron chi connectivity index (χ2n) is 4.54. The van der Waals surface area contributed by atoms with Crippen LogP contribution in [0.15, 0.2) is 24.3 Å². The monoisotopic (exact) mass is 228 g/mol. The van der Waals surface area contributed by atoms with Crippen LogP contribution in [0.2, 0.25) is 0 Å². The molecule has 0 spiro atoms. The predicted octanol–water partition coefficient (Wildman–Crippen LogP) is 1.98. The summed E-state index contributed by atoms with van der Waals surface area (Å²) in [6.07, 6.45) is 4.07. The number of rotatable bonds is 2. The molecule has 2 rings (SSSR count). The first-order valence-electron chi connectivity index (χ1n) is 6.39. The van der Waals surface area contributed by atoms with Gasteiger partial charge in [-0.05, 0) is 43.6 Å². The zero-order valence-electron chi connectivity index (χ0n) is 10.3. The van der Waals surface area contributed by atoms with Gasteiger partial charge in [0.25, 0.3) is 0 Å². The summed E-state index contributed by atoms with van der Waals surface area (Å²) in [7, 11) is 0. The molecule has 2 N–H and O–H groups in total. The Bertz CT molecular complexity index is 408. The fraction of sp³-hybridized carbons (Fsp3) is 0.467. The van der Waals surface area contributed by atoms with Crippen LogP contribution in [-0.4, -0.2) is 24.5 Å². The molecule has 0 amide bonds. The van der Waals surface area contributed by atoms with E-state index in [0.29, 0.717) is 6.54 Å². The molecule has 1 saturated heterocycles. The molecule has 1 aromatic carbocycles. The minimum atomic E-state index is 0.427. The van der Waals surface area contributed by atoms with Crippen LogP contribution < -0.4 is 5.73 Å². The smallest absolute Gasteiger partial charge is 0.0555 e. The first-order valence-corrected chi connectivity index (χ1v) is 6.39. The van der Waals surface area contributed by atoms with Crippen molar-refractivity contribution in [1.82, 2.24) is 4.90 Å². The van der Waals surface area contributed by atoms with Gasteiger partial charge in [0.1, 0.15) is 0 Å². The maximum atomic E-state index is 5.38. The second kappa shape index (κ2) is 6.44. The highest BCUT2D eigenvalue weighted by atomic mass is 15.1. The van der Waals surface area contributed by atoms with Gasteiger partial charge in [-0.3, -0.25) is 4.90 Å². The highest BCUT2D eigenvalue weighted by Gasteiger charge is 2.10. The van der Waals surface area contributed by atoms with Gasteiger partial charge in [-0.2, -0.15) is 0 Å². The molecule has 90 valence electrons. The van der Waals surface area contributed by atoms with E-state index in [1.165, 1.54) is 37.9 Å². The van der Waals surface area contributed by atoms with Crippen molar-refractivity contribution in [3.05, 3.63) is 35.4 Å². The SMILES string of the molecule is NCC#Cc1cccc(CN2CCCCC2)c1. The van der Waals surface area contributed by atoms with E-state index in [4.69, 9.17) is 5.73 Å². The maximum absolute atomic E-state index is 5.38. The highest BCUT2D eigenvalue weighted by molar-refractivity contribution is 5.37. The van der Waals surface area contributed by atoms with Crippen LogP contribution in [0.1, 0.15) is 30.4 Å².